The van der Waals surface area contributed by atoms with Crippen LogP contribution in [0.1, 0.15) is 19.2 Å². The molecule has 2 rings (SSSR count). The molecule has 96 valence electrons. The van der Waals surface area contributed by atoms with Crippen molar-refractivity contribution in [2.45, 2.75) is 26.4 Å². The molecule has 0 bridgehead atoms. The first kappa shape index (κ1) is 12.4. The second kappa shape index (κ2) is 5.52. The molecule has 0 radical (unpaired) electrons. The fourth-order valence-corrected chi connectivity index (χ4v) is 1.54. The summed E-state index contributed by atoms with van der Waals surface area (Å²) < 4.78 is 27.9. The van der Waals surface area contributed by atoms with Crippen LogP contribution in [-0.4, -0.2) is 20.2 Å². The highest BCUT2D eigenvalue weighted by Crippen LogP contribution is 2.15. The van der Waals surface area contributed by atoms with Crippen molar-refractivity contribution in [2.75, 3.05) is 5.32 Å². The summed E-state index contributed by atoms with van der Waals surface area (Å²) in [7, 11) is 0. The molecule has 0 fully saturated rings. The molecule has 2 aromatic rings. The van der Waals surface area contributed by atoms with Gasteiger partial charge in [0.1, 0.15) is 11.6 Å². The van der Waals surface area contributed by atoms with E-state index in [9.17, 15) is 8.78 Å². The predicted molar refractivity (Wildman–Crippen MR) is 61.8 cm³/mol. The Hall–Kier alpha value is -2.05. The van der Waals surface area contributed by atoms with Crippen molar-refractivity contribution in [3.05, 3.63) is 35.7 Å². The number of nitrogens with zero attached hydrogens (tertiary/aromatic N) is 4. The first-order chi connectivity index (χ1) is 8.70. The van der Waals surface area contributed by atoms with Crippen molar-refractivity contribution in [1.29, 1.82) is 0 Å². The van der Waals surface area contributed by atoms with Gasteiger partial charge in [-0.1, -0.05) is 6.92 Å². The fourth-order valence-electron chi connectivity index (χ4n) is 1.54. The van der Waals surface area contributed by atoms with E-state index in [2.05, 4.69) is 20.8 Å². The summed E-state index contributed by atoms with van der Waals surface area (Å²) in [5.74, 6) is -0.418. The Morgan fingerprint density at radius 3 is 2.94 bits per heavy atom. The van der Waals surface area contributed by atoms with Gasteiger partial charge in [0.25, 0.3) is 0 Å². The smallest absolute Gasteiger partial charge is 0.170 e. The van der Waals surface area contributed by atoms with Crippen LogP contribution in [0.15, 0.2) is 18.2 Å². The topological polar surface area (TPSA) is 55.6 Å². The van der Waals surface area contributed by atoms with Gasteiger partial charge in [0.2, 0.25) is 0 Å². The number of anilines is 1. The van der Waals surface area contributed by atoms with Gasteiger partial charge in [-0.25, -0.2) is 13.5 Å². The van der Waals surface area contributed by atoms with E-state index in [0.29, 0.717) is 12.4 Å². The summed E-state index contributed by atoms with van der Waals surface area (Å²) in [6.07, 6.45) is 0.895. The molecule has 1 aromatic heterocycles. The molecule has 0 saturated carbocycles. The van der Waals surface area contributed by atoms with E-state index in [1.807, 2.05) is 6.92 Å². The number of nitrogens with one attached hydrogen (secondary N) is 1. The van der Waals surface area contributed by atoms with Gasteiger partial charge < -0.3 is 5.32 Å². The third-order valence-electron chi connectivity index (χ3n) is 2.41. The molecular weight excluding hydrogens is 240 g/mol. The summed E-state index contributed by atoms with van der Waals surface area (Å²) in [6.45, 7) is 2.94. The Morgan fingerprint density at radius 2 is 2.17 bits per heavy atom. The molecule has 0 atom stereocenters. The van der Waals surface area contributed by atoms with Gasteiger partial charge in [0, 0.05) is 6.54 Å². The van der Waals surface area contributed by atoms with Gasteiger partial charge in [-0.15, -0.1) is 5.10 Å². The normalized spacial score (nSPS) is 10.6. The first-order valence-electron chi connectivity index (χ1n) is 5.64. The fraction of sp³-hybridized carbons (Fsp3) is 0.364. The van der Waals surface area contributed by atoms with Gasteiger partial charge in [-0.3, -0.25) is 0 Å². The molecule has 0 unspecified atom stereocenters. The van der Waals surface area contributed by atoms with Crippen molar-refractivity contribution in [1.82, 2.24) is 20.2 Å². The van der Waals surface area contributed by atoms with Crippen LogP contribution in [0, 0.1) is 11.6 Å². The van der Waals surface area contributed by atoms with E-state index < -0.39 is 11.6 Å². The Bertz CT molecular complexity index is 526. The van der Waals surface area contributed by atoms with Gasteiger partial charge >= 0.3 is 0 Å². The molecule has 5 nitrogen and oxygen atoms in total. The van der Waals surface area contributed by atoms with Gasteiger partial charge in [-0.2, -0.15) is 0 Å². The maximum absolute atomic E-state index is 13.4. The quantitative estimate of drug-likeness (QED) is 0.885. The zero-order valence-electron chi connectivity index (χ0n) is 9.90. The molecule has 18 heavy (non-hydrogen) atoms. The highest BCUT2D eigenvalue weighted by Gasteiger charge is 2.07. The second-order valence-electron chi connectivity index (χ2n) is 3.80. The molecule has 0 aliphatic carbocycles. The molecular formula is C11H13F2N5. The Balaban J connectivity index is 2.06. The standard InChI is InChI=1S/C11H13F2N5/c1-2-5-18-11(15-16-17-18)7-14-10-6-8(12)3-4-9(10)13/h3-4,6,14H,2,5,7H2,1H3. The number of rotatable bonds is 5. The van der Waals surface area contributed by atoms with Crippen molar-refractivity contribution in [3.63, 3.8) is 0 Å². The van der Waals surface area contributed by atoms with E-state index in [0.717, 1.165) is 24.6 Å². The van der Waals surface area contributed by atoms with Crippen LogP contribution in [0.2, 0.25) is 0 Å². The van der Waals surface area contributed by atoms with E-state index >= 15 is 0 Å². The highest BCUT2D eigenvalue weighted by molar-refractivity contribution is 5.44. The summed E-state index contributed by atoms with van der Waals surface area (Å²) in [5.41, 5.74) is 0.0982. The van der Waals surface area contributed by atoms with Crippen LogP contribution in [0.5, 0.6) is 0 Å². The van der Waals surface area contributed by atoms with Gasteiger partial charge in [0.15, 0.2) is 5.82 Å². The zero-order valence-corrected chi connectivity index (χ0v) is 9.90. The number of hydrogen-bond acceptors (Lipinski definition) is 4. The third-order valence-corrected chi connectivity index (χ3v) is 2.41. The Labute approximate surface area is 103 Å². The molecule has 1 N–H and O–H groups in total. The van der Waals surface area contributed by atoms with Crippen molar-refractivity contribution in [3.8, 4) is 0 Å². The third kappa shape index (κ3) is 2.79. The average molecular weight is 253 g/mol. The molecule has 0 saturated heterocycles. The van der Waals surface area contributed by atoms with Crippen molar-refractivity contribution in [2.24, 2.45) is 0 Å². The number of aryl methyl sites for hydroxylation is 1. The SMILES string of the molecule is CCCn1nnnc1CNc1cc(F)ccc1F. The first-order valence-corrected chi connectivity index (χ1v) is 5.64. The maximum Gasteiger partial charge on any atom is 0.170 e. The average Bonchev–Trinajstić information content (AvgIpc) is 2.78. The zero-order chi connectivity index (χ0) is 13.0. The molecule has 1 heterocycles. The summed E-state index contributed by atoms with van der Waals surface area (Å²) in [4.78, 5) is 0. The summed E-state index contributed by atoms with van der Waals surface area (Å²) in [6, 6.07) is 3.25. The highest BCUT2D eigenvalue weighted by atomic mass is 19.1. The lowest BCUT2D eigenvalue weighted by atomic mass is 10.3. The van der Waals surface area contributed by atoms with Crippen LogP contribution in [0.3, 0.4) is 0 Å². The van der Waals surface area contributed by atoms with Crippen LogP contribution in [-0.2, 0) is 13.1 Å². The number of hydrogen-bond donors (Lipinski definition) is 1. The maximum atomic E-state index is 13.4. The number of benzene rings is 1. The van der Waals surface area contributed by atoms with E-state index in [1.54, 1.807) is 4.68 Å². The second-order valence-corrected chi connectivity index (χ2v) is 3.80. The largest absolute Gasteiger partial charge is 0.375 e. The minimum Gasteiger partial charge on any atom is -0.375 e. The molecule has 0 amide bonds. The molecule has 0 aliphatic rings. The monoisotopic (exact) mass is 253 g/mol. The van der Waals surface area contributed by atoms with Gasteiger partial charge in [0.05, 0.1) is 12.2 Å². The summed E-state index contributed by atoms with van der Waals surface area (Å²) in [5, 5.41) is 14.0. The number of aromatic nitrogens is 4. The lowest BCUT2D eigenvalue weighted by Crippen LogP contribution is -2.10. The summed E-state index contributed by atoms with van der Waals surface area (Å²) >= 11 is 0. The van der Waals surface area contributed by atoms with Crippen LogP contribution in [0.4, 0.5) is 14.5 Å². The molecule has 0 aliphatic heterocycles. The van der Waals surface area contributed by atoms with Crippen LogP contribution >= 0.6 is 0 Å². The minimum absolute atomic E-state index is 0.0982. The lowest BCUT2D eigenvalue weighted by Gasteiger charge is -2.07. The number of halogens is 2. The minimum atomic E-state index is -0.508. The van der Waals surface area contributed by atoms with Crippen molar-refractivity contribution < 1.29 is 8.78 Å². The van der Waals surface area contributed by atoms with E-state index in [-0.39, 0.29) is 12.2 Å². The predicted octanol–water partition coefficient (Wildman–Crippen LogP) is 1.97. The van der Waals surface area contributed by atoms with E-state index in [1.165, 1.54) is 0 Å². The van der Waals surface area contributed by atoms with Crippen LogP contribution < -0.4 is 5.32 Å². The van der Waals surface area contributed by atoms with Crippen molar-refractivity contribution >= 4 is 5.69 Å². The Morgan fingerprint density at radius 1 is 1.33 bits per heavy atom. The lowest BCUT2D eigenvalue weighted by molar-refractivity contribution is 0.557. The molecule has 0 spiro atoms. The van der Waals surface area contributed by atoms with Crippen LogP contribution in [0.25, 0.3) is 0 Å². The van der Waals surface area contributed by atoms with E-state index in [4.69, 9.17) is 0 Å². The number of tetrazole rings is 1. The molecule has 1 aromatic carbocycles. The van der Waals surface area contributed by atoms with Gasteiger partial charge in [-0.05, 0) is 35.0 Å². The molecule has 7 heteroatoms. The Kier molecular flexibility index (Phi) is 3.81.